The predicted molar refractivity (Wildman–Crippen MR) is 57.2 cm³/mol. The Balaban J connectivity index is 1.64. The summed E-state index contributed by atoms with van der Waals surface area (Å²) in [5, 5.41) is 3.25. The second kappa shape index (κ2) is 5.73. The highest BCUT2D eigenvalue weighted by Gasteiger charge is 2.41. The maximum absolute atomic E-state index is 11.8. The summed E-state index contributed by atoms with van der Waals surface area (Å²) in [6.45, 7) is 0.668. The van der Waals surface area contributed by atoms with Gasteiger partial charge in [-0.05, 0) is 25.9 Å². The fourth-order valence-electron chi connectivity index (χ4n) is 2.44. The van der Waals surface area contributed by atoms with Gasteiger partial charge in [-0.15, -0.1) is 0 Å². The van der Waals surface area contributed by atoms with Gasteiger partial charge in [0.05, 0.1) is 18.3 Å². The van der Waals surface area contributed by atoms with Gasteiger partial charge < -0.3 is 19.5 Å². The quantitative estimate of drug-likeness (QED) is 0.619. The third kappa shape index (κ3) is 4.08. The van der Waals surface area contributed by atoms with E-state index in [0.717, 1.165) is 32.4 Å². The van der Waals surface area contributed by atoms with Crippen molar-refractivity contribution < 1.29 is 27.4 Å². The van der Waals surface area contributed by atoms with Crippen LogP contribution in [-0.2, 0) is 14.2 Å². The Kier molecular flexibility index (Phi) is 4.47. The normalized spacial score (nSPS) is 27.8. The first-order valence-corrected chi connectivity index (χ1v) is 6.10. The van der Waals surface area contributed by atoms with Gasteiger partial charge in [0.25, 0.3) is 0 Å². The number of rotatable bonds is 4. The molecule has 1 spiro atoms. The molecule has 2 fully saturated rings. The van der Waals surface area contributed by atoms with Gasteiger partial charge in [0.15, 0.2) is 0 Å². The van der Waals surface area contributed by atoms with Crippen LogP contribution in [0.4, 0.5) is 13.2 Å². The van der Waals surface area contributed by atoms with Crippen molar-refractivity contribution in [2.24, 2.45) is 0 Å². The largest absolute Gasteiger partial charge is 0.411 e. The van der Waals surface area contributed by atoms with Gasteiger partial charge in [-0.25, -0.2) is 0 Å². The Bertz CT molecular complexity index is 267. The molecule has 0 saturated carbocycles. The summed E-state index contributed by atoms with van der Waals surface area (Å²) >= 11 is 0. The zero-order valence-corrected chi connectivity index (χ0v) is 10.1. The van der Waals surface area contributed by atoms with Crippen LogP contribution in [0, 0.1) is 0 Å². The van der Waals surface area contributed by atoms with Gasteiger partial charge >= 0.3 is 6.18 Å². The Morgan fingerprint density at radius 2 is 2.00 bits per heavy atom. The zero-order chi connectivity index (χ0) is 13.1. The number of nitrogens with one attached hydrogen (secondary N) is 1. The van der Waals surface area contributed by atoms with Crippen LogP contribution >= 0.6 is 0 Å². The molecular formula is C11H18F3NO3. The molecule has 106 valence electrons. The standard InChI is InChI=1S/C11H18F3NO3/c12-11(13,14)7-16-8-17-9-5-10(18-6-9)1-3-15-4-2-10/h9,15H,1-8H2. The predicted octanol–water partition coefficient (Wildman–Crippen LogP) is 1.45. The first-order chi connectivity index (χ1) is 8.49. The smallest absolute Gasteiger partial charge is 0.372 e. The minimum absolute atomic E-state index is 0.139. The molecular weight excluding hydrogens is 251 g/mol. The molecule has 0 aromatic carbocycles. The number of alkyl halides is 3. The Morgan fingerprint density at radius 3 is 2.67 bits per heavy atom. The van der Waals surface area contributed by atoms with Crippen molar-refractivity contribution in [3.05, 3.63) is 0 Å². The molecule has 0 aromatic heterocycles. The minimum Gasteiger partial charge on any atom is -0.372 e. The molecule has 2 aliphatic rings. The van der Waals surface area contributed by atoms with E-state index in [1.807, 2.05) is 0 Å². The second-order valence-electron chi connectivity index (χ2n) is 4.82. The second-order valence-corrected chi connectivity index (χ2v) is 4.82. The molecule has 0 bridgehead atoms. The van der Waals surface area contributed by atoms with Crippen molar-refractivity contribution in [1.29, 1.82) is 0 Å². The Morgan fingerprint density at radius 1 is 1.28 bits per heavy atom. The van der Waals surface area contributed by atoms with Crippen molar-refractivity contribution >= 4 is 0 Å². The molecule has 1 unspecified atom stereocenters. The lowest BCUT2D eigenvalue weighted by Crippen LogP contribution is -2.41. The molecule has 1 atom stereocenters. The topological polar surface area (TPSA) is 39.7 Å². The first kappa shape index (κ1) is 14.0. The molecule has 18 heavy (non-hydrogen) atoms. The molecule has 2 aliphatic heterocycles. The summed E-state index contributed by atoms with van der Waals surface area (Å²) in [7, 11) is 0. The van der Waals surface area contributed by atoms with Crippen LogP contribution in [-0.4, -0.2) is 51.0 Å². The van der Waals surface area contributed by atoms with E-state index in [0.29, 0.717) is 6.61 Å². The van der Waals surface area contributed by atoms with Crippen molar-refractivity contribution in [1.82, 2.24) is 5.32 Å². The monoisotopic (exact) mass is 269 g/mol. The third-order valence-electron chi connectivity index (χ3n) is 3.34. The van der Waals surface area contributed by atoms with Crippen LogP contribution < -0.4 is 5.32 Å². The van der Waals surface area contributed by atoms with E-state index >= 15 is 0 Å². The fourth-order valence-corrected chi connectivity index (χ4v) is 2.44. The molecule has 4 nitrogen and oxygen atoms in total. The lowest BCUT2D eigenvalue weighted by atomic mass is 9.89. The van der Waals surface area contributed by atoms with Gasteiger partial charge in [-0.2, -0.15) is 13.2 Å². The van der Waals surface area contributed by atoms with Crippen molar-refractivity contribution in [2.45, 2.75) is 37.1 Å². The average Bonchev–Trinajstić information content (AvgIpc) is 2.68. The summed E-state index contributed by atoms with van der Waals surface area (Å²) in [5.74, 6) is 0. The maximum Gasteiger partial charge on any atom is 0.411 e. The first-order valence-electron chi connectivity index (χ1n) is 6.10. The van der Waals surface area contributed by atoms with E-state index in [1.165, 1.54) is 0 Å². The van der Waals surface area contributed by atoms with E-state index in [4.69, 9.17) is 9.47 Å². The van der Waals surface area contributed by atoms with Crippen LogP contribution in [0.1, 0.15) is 19.3 Å². The number of halogens is 3. The van der Waals surface area contributed by atoms with Crippen LogP contribution in [0.25, 0.3) is 0 Å². The van der Waals surface area contributed by atoms with E-state index in [-0.39, 0.29) is 18.5 Å². The lowest BCUT2D eigenvalue weighted by Gasteiger charge is -2.32. The molecule has 0 aliphatic carbocycles. The third-order valence-corrected chi connectivity index (χ3v) is 3.34. The Labute approximate surface area is 104 Å². The zero-order valence-electron chi connectivity index (χ0n) is 10.1. The van der Waals surface area contributed by atoms with E-state index in [1.54, 1.807) is 0 Å². The molecule has 2 heterocycles. The highest BCUT2D eigenvalue weighted by Crippen LogP contribution is 2.35. The van der Waals surface area contributed by atoms with Gasteiger partial charge in [0.1, 0.15) is 13.4 Å². The average molecular weight is 269 g/mol. The SMILES string of the molecule is FC(F)(F)COCOC1COC2(CCNCC2)C1. The fraction of sp³-hybridized carbons (Fsp3) is 1.00. The van der Waals surface area contributed by atoms with E-state index in [9.17, 15) is 13.2 Å². The highest BCUT2D eigenvalue weighted by molar-refractivity contribution is 4.93. The molecule has 2 saturated heterocycles. The van der Waals surface area contributed by atoms with Crippen molar-refractivity contribution in [3.63, 3.8) is 0 Å². The molecule has 2 rings (SSSR count). The number of ether oxygens (including phenoxy) is 3. The van der Waals surface area contributed by atoms with Crippen LogP contribution in [0.15, 0.2) is 0 Å². The molecule has 0 radical (unpaired) electrons. The summed E-state index contributed by atoms with van der Waals surface area (Å²) < 4.78 is 50.9. The summed E-state index contributed by atoms with van der Waals surface area (Å²) in [4.78, 5) is 0. The van der Waals surface area contributed by atoms with Crippen molar-refractivity contribution in [3.8, 4) is 0 Å². The van der Waals surface area contributed by atoms with Crippen LogP contribution in [0.3, 0.4) is 0 Å². The molecule has 0 amide bonds. The number of hydrogen-bond donors (Lipinski definition) is 1. The summed E-state index contributed by atoms with van der Waals surface area (Å²) in [5.41, 5.74) is -0.139. The Hall–Kier alpha value is -0.370. The summed E-state index contributed by atoms with van der Waals surface area (Å²) in [6, 6.07) is 0. The maximum atomic E-state index is 11.8. The van der Waals surface area contributed by atoms with Gasteiger partial charge in [0.2, 0.25) is 0 Å². The van der Waals surface area contributed by atoms with Gasteiger partial charge in [-0.1, -0.05) is 0 Å². The van der Waals surface area contributed by atoms with Gasteiger partial charge in [0, 0.05) is 6.42 Å². The summed E-state index contributed by atoms with van der Waals surface area (Å²) in [6.07, 6.45) is -1.86. The van der Waals surface area contributed by atoms with E-state index < -0.39 is 12.8 Å². The molecule has 0 aromatic rings. The lowest BCUT2D eigenvalue weighted by molar-refractivity contribution is -0.202. The molecule has 7 heteroatoms. The van der Waals surface area contributed by atoms with Gasteiger partial charge in [-0.3, -0.25) is 0 Å². The highest BCUT2D eigenvalue weighted by atomic mass is 19.4. The molecule has 1 N–H and O–H groups in total. The van der Waals surface area contributed by atoms with Crippen LogP contribution in [0.2, 0.25) is 0 Å². The van der Waals surface area contributed by atoms with Crippen molar-refractivity contribution in [2.75, 3.05) is 33.1 Å². The van der Waals surface area contributed by atoms with E-state index in [2.05, 4.69) is 10.1 Å². The number of piperidine rings is 1. The number of hydrogen-bond acceptors (Lipinski definition) is 4. The van der Waals surface area contributed by atoms with Crippen LogP contribution in [0.5, 0.6) is 0 Å². The minimum atomic E-state index is -4.30.